The molecule has 2 rings (SSSR count). The second-order valence-electron chi connectivity index (χ2n) is 4.77. The number of amides is 1. The van der Waals surface area contributed by atoms with Crippen LogP contribution in [-0.4, -0.2) is 41.7 Å². The molecule has 1 aliphatic rings. The summed E-state index contributed by atoms with van der Waals surface area (Å²) in [5.41, 5.74) is 1.36. The highest BCUT2D eigenvalue weighted by atomic mass is 35.5. The SMILES string of the molecule is CCNc1ccc(Cl)cc1C(=O)N1CCCC(O)C1. The van der Waals surface area contributed by atoms with E-state index in [1.165, 1.54) is 0 Å². The Hall–Kier alpha value is -1.26. The Balaban J connectivity index is 2.24. The molecule has 1 aromatic rings. The standard InChI is InChI=1S/C14H19ClN2O2/c1-2-16-13-6-5-10(15)8-12(13)14(19)17-7-3-4-11(18)9-17/h5-6,8,11,16,18H,2-4,7,9H2,1H3. The first-order valence-corrected chi connectivity index (χ1v) is 7.00. The molecule has 104 valence electrons. The number of carbonyl (C=O) groups excluding carboxylic acids is 1. The van der Waals surface area contributed by atoms with Crippen molar-refractivity contribution in [2.45, 2.75) is 25.9 Å². The number of hydrogen-bond donors (Lipinski definition) is 2. The van der Waals surface area contributed by atoms with Gasteiger partial charge >= 0.3 is 0 Å². The zero-order valence-electron chi connectivity index (χ0n) is 11.0. The molecule has 0 bridgehead atoms. The van der Waals surface area contributed by atoms with E-state index in [1.807, 2.05) is 13.0 Å². The fourth-order valence-electron chi connectivity index (χ4n) is 2.35. The quantitative estimate of drug-likeness (QED) is 0.895. The van der Waals surface area contributed by atoms with Gasteiger partial charge in [0, 0.05) is 30.3 Å². The number of carbonyl (C=O) groups is 1. The summed E-state index contributed by atoms with van der Waals surface area (Å²) in [6.45, 7) is 3.81. The Morgan fingerprint density at radius 1 is 1.58 bits per heavy atom. The number of anilines is 1. The molecule has 0 aliphatic carbocycles. The number of aliphatic hydroxyl groups is 1. The van der Waals surface area contributed by atoms with E-state index in [0.717, 1.165) is 25.1 Å². The van der Waals surface area contributed by atoms with Crippen molar-refractivity contribution in [2.24, 2.45) is 0 Å². The van der Waals surface area contributed by atoms with Crippen molar-refractivity contribution in [2.75, 3.05) is 25.0 Å². The normalized spacial score (nSPS) is 19.3. The van der Waals surface area contributed by atoms with Gasteiger partial charge in [0.1, 0.15) is 0 Å². The number of β-amino-alcohol motifs (C(OH)–C–C–N with tert-alkyl or cyclic N) is 1. The van der Waals surface area contributed by atoms with E-state index in [2.05, 4.69) is 5.32 Å². The van der Waals surface area contributed by atoms with Crippen molar-refractivity contribution in [3.05, 3.63) is 28.8 Å². The zero-order valence-corrected chi connectivity index (χ0v) is 11.8. The summed E-state index contributed by atoms with van der Waals surface area (Å²) in [6.07, 6.45) is 1.18. The zero-order chi connectivity index (χ0) is 13.8. The minimum atomic E-state index is -0.417. The molecule has 0 aromatic heterocycles. The molecule has 2 N–H and O–H groups in total. The molecular weight excluding hydrogens is 264 g/mol. The molecule has 1 saturated heterocycles. The van der Waals surface area contributed by atoms with Crippen molar-refractivity contribution < 1.29 is 9.90 Å². The molecule has 4 nitrogen and oxygen atoms in total. The highest BCUT2D eigenvalue weighted by molar-refractivity contribution is 6.31. The van der Waals surface area contributed by atoms with Crippen LogP contribution in [0, 0.1) is 0 Å². The molecule has 1 amide bonds. The first-order chi connectivity index (χ1) is 9.11. The Morgan fingerprint density at radius 2 is 2.37 bits per heavy atom. The molecule has 19 heavy (non-hydrogen) atoms. The smallest absolute Gasteiger partial charge is 0.256 e. The van der Waals surface area contributed by atoms with Gasteiger partial charge in [-0.25, -0.2) is 0 Å². The molecular formula is C14H19ClN2O2. The van der Waals surface area contributed by atoms with Gasteiger partial charge in [0.05, 0.1) is 11.7 Å². The van der Waals surface area contributed by atoms with E-state index < -0.39 is 6.10 Å². The fourth-order valence-corrected chi connectivity index (χ4v) is 2.52. The second kappa shape index (κ2) is 6.26. The van der Waals surface area contributed by atoms with Crippen molar-refractivity contribution in [3.8, 4) is 0 Å². The Labute approximate surface area is 118 Å². The van der Waals surface area contributed by atoms with Gasteiger partial charge in [0.2, 0.25) is 0 Å². The maximum Gasteiger partial charge on any atom is 0.256 e. The largest absolute Gasteiger partial charge is 0.391 e. The van der Waals surface area contributed by atoms with Crippen molar-refractivity contribution in [1.82, 2.24) is 4.90 Å². The molecule has 0 saturated carbocycles. The van der Waals surface area contributed by atoms with Gasteiger partial charge in [-0.1, -0.05) is 11.6 Å². The van der Waals surface area contributed by atoms with Crippen LogP contribution in [0.25, 0.3) is 0 Å². The highest BCUT2D eigenvalue weighted by Gasteiger charge is 2.24. The number of benzene rings is 1. The Kier molecular flexibility index (Phi) is 4.66. The number of piperidine rings is 1. The van der Waals surface area contributed by atoms with Crippen LogP contribution in [0.15, 0.2) is 18.2 Å². The number of halogens is 1. The van der Waals surface area contributed by atoms with Gasteiger partial charge in [-0.3, -0.25) is 4.79 Å². The number of rotatable bonds is 3. The highest BCUT2D eigenvalue weighted by Crippen LogP contribution is 2.23. The van der Waals surface area contributed by atoms with Crippen LogP contribution < -0.4 is 5.32 Å². The van der Waals surface area contributed by atoms with Crippen molar-refractivity contribution in [3.63, 3.8) is 0 Å². The predicted octanol–water partition coefficient (Wildman–Crippen LogP) is 2.37. The predicted molar refractivity (Wildman–Crippen MR) is 76.8 cm³/mol. The Bertz CT molecular complexity index is 465. The van der Waals surface area contributed by atoms with E-state index in [9.17, 15) is 9.90 Å². The molecule has 1 aliphatic heterocycles. The molecule has 0 radical (unpaired) electrons. The number of nitrogens with one attached hydrogen (secondary N) is 1. The average molecular weight is 283 g/mol. The van der Waals surface area contributed by atoms with E-state index in [4.69, 9.17) is 11.6 Å². The Morgan fingerprint density at radius 3 is 3.05 bits per heavy atom. The van der Waals surface area contributed by atoms with Gasteiger partial charge in [0.15, 0.2) is 0 Å². The van der Waals surface area contributed by atoms with Crippen LogP contribution in [-0.2, 0) is 0 Å². The lowest BCUT2D eigenvalue weighted by Gasteiger charge is -2.30. The monoisotopic (exact) mass is 282 g/mol. The maximum atomic E-state index is 12.5. The molecule has 1 heterocycles. The third-order valence-electron chi connectivity index (χ3n) is 3.26. The number of hydrogen-bond acceptors (Lipinski definition) is 3. The number of nitrogens with zero attached hydrogens (tertiary/aromatic N) is 1. The van der Waals surface area contributed by atoms with E-state index in [-0.39, 0.29) is 5.91 Å². The molecule has 0 spiro atoms. The molecule has 5 heteroatoms. The second-order valence-corrected chi connectivity index (χ2v) is 5.20. The minimum Gasteiger partial charge on any atom is -0.391 e. The fraction of sp³-hybridized carbons (Fsp3) is 0.500. The van der Waals surface area contributed by atoms with Crippen molar-refractivity contribution in [1.29, 1.82) is 0 Å². The summed E-state index contributed by atoms with van der Waals surface area (Å²) in [7, 11) is 0. The topological polar surface area (TPSA) is 52.6 Å². The van der Waals surface area contributed by atoms with Crippen LogP contribution in [0.5, 0.6) is 0 Å². The van der Waals surface area contributed by atoms with E-state index >= 15 is 0 Å². The van der Waals surface area contributed by atoms with E-state index in [0.29, 0.717) is 23.7 Å². The van der Waals surface area contributed by atoms with Gasteiger partial charge in [-0.05, 0) is 38.0 Å². The van der Waals surface area contributed by atoms with Crippen LogP contribution in [0.1, 0.15) is 30.1 Å². The summed E-state index contributed by atoms with van der Waals surface area (Å²) in [5.74, 6) is -0.0720. The third-order valence-corrected chi connectivity index (χ3v) is 3.50. The van der Waals surface area contributed by atoms with Crippen molar-refractivity contribution >= 4 is 23.2 Å². The lowest BCUT2D eigenvalue weighted by molar-refractivity contribution is 0.0474. The van der Waals surface area contributed by atoms with E-state index in [1.54, 1.807) is 17.0 Å². The van der Waals surface area contributed by atoms with Gasteiger partial charge in [-0.2, -0.15) is 0 Å². The molecule has 1 atom stereocenters. The van der Waals surface area contributed by atoms with Crippen LogP contribution >= 0.6 is 11.6 Å². The first kappa shape index (κ1) is 14.2. The summed E-state index contributed by atoms with van der Waals surface area (Å²) in [4.78, 5) is 14.2. The van der Waals surface area contributed by atoms with Crippen LogP contribution in [0.3, 0.4) is 0 Å². The lowest BCUT2D eigenvalue weighted by atomic mass is 10.1. The average Bonchev–Trinajstić information content (AvgIpc) is 2.40. The molecule has 1 aromatic carbocycles. The summed E-state index contributed by atoms with van der Waals surface area (Å²) in [5, 5.41) is 13.4. The molecule has 1 unspecified atom stereocenters. The third kappa shape index (κ3) is 3.39. The number of likely N-dealkylation sites (tertiary alicyclic amines) is 1. The van der Waals surface area contributed by atoms with Crippen LogP contribution in [0.2, 0.25) is 5.02 Å². The lowest BCUT2D eigenvalue weighted by Crippen LogP contribution is -2.42. The summed E-state index contributed by atoms with van der Waals surface area (Å²) >= 11 is 5.98. The summed E-state index contributed by atoms with van der Waals surface area (Å²) < 4.78 is 0. The maximum absolute atomic E-state index is 12.5. The summed E-state index contributed by atoms with van der Waals surface area (Å²) in [6, 6.07) is 5.27. The van der Waals surface area contributed by atoms with Crippen LogP contribution in [0.4, 0.5) is 5.69 Å². The molecule has 1 fully saturated rings. The van der Waals surface area contributed by atoms with Gasteiger partial charge in [-0.15, -0.1) is 0 Å². The van der Waals surface area contributed by atoms with Gasteiger partial charge < -0.3 is 15.3 Å². The number of aliphatic hydroxyl groups excluding tert-OH is 1. The minimum absolute atomic E-state index is 0.0720. The first-order valence-electron chi connectivity index (χ1n) is 6.62. The van der Waals surface area contributed by atoms with Gasteiger partial charge in [0.25, 0.3) is 5.91 Å².